The molecule has 102 valence electrons. The molecule has 0 bridgehead atoms. The lowest BCUT2D eigenvalue weighted by Crippen LogP contribution is -2.32. The lowest BCUT2D eigenvalue weighted by Gasteiger charge is -2.12. The van der Waals surface area contributed by atoms with Gasteiger partial charge in [0.15, 0.2) is 0 Å². The lowest BCUT2D eigenvalue weighted by atomic mass is 10.2. The van der Waals surface area contributed by atoms with Gasteiger partial charge < -0.3 is 15.2 Å². The predicted molar refractivity (Wildman–Crippen MR) is 70.6 cm³/mol. The van der Waals surface area contributed by atoms with Gasteiger partial charge in [0.2, 0.25) is 0 Å². The summed E-state index contributed by atoms with van der Waals surface area (Å²) in [6.07, 6.45) is 2.46. The average molecular weight is 263 g/mol. The molecule has 0 fully saturated rings. The molecule has 0 aliphatic heterocycles. The second kappa shape index (κ2) is 7.92. The largest absolute Gasteiger partial charge is 0.478 e. The number of carboxylic acids is 1. The minimum Gasteiger partial charge on any atom is -0.478 e. The summed E-state index contributed by atoms with van der Waals surface area (Å²) in [5, 5.41) is 11.0. The molecule has 0 saturated heterocycles. The molecule has 5 heteroatoms. The smallest absolute Gasteiger partial charge is 0.407 e. The molecule has 1 amide bonds. The van der Waals surface area contributed by atoms with Crippen molar-refractivity contribution in [1.82, 2.24) is 5.32 Å². The number of rotatable bonds is 6. The maximum Gasteiger partial charge on any atom is 0.407 e. The van der Waals surface area contributed by atoms with Crippen LogP contribution < -0.4 is 5.32 Å². The number of hydrogen-bond acceptors (Lipinski definition) is 3. The predicted octanol–water partition coefficient (Wildman–Crippen LogP) is 2.33. The minimum absolute atomic E-state index is 0.182. The molecule has 0 aromatic heterocycles. The number of nitrogens with one attached hydrogen (secondary N) is 1. The van der Waals surface area contributed by atoms with E-state index in [9.17, 15) is 9.59 Å². The van der Waals surface area contributed by atoms with E-state index in [1.54, 1.807) is 6.92 Å². The van der Waals surface area contributed by atoms with E-state index in [4.69, 9.17) is 9.84 Å². The van der Waals surface area contributed by atoms with E-state index in [-0.39, 0.29) is 12.6 Å². The summed E-state index contributed by atoms with van der Waals surface area (Å²) < 4.78 is 5.04. The molecule has 1 aromatic carbocycles. The molecule has 0 heterocycles. The normalized spacial score (nSPS) is 12.1. The van der Waals surface area contributed by atoms with E-state index in [2.05, 4.69) is 5.32 Å². The van der Waals surface area contributed by atoms with Crippen LogP contribution >= 0.6 is 0 Å². The third-order valence-corrected chi connectivity index (χ3v) is 2.33. The van der Waals surface area contributed by atoms with Gasteiger partial charge in [-0.1, -0.05) is 36.4 Å². The number of carbonyl (C=O) groups excluding carboxylic acids is 1. The molecule has 1 atom stereocenters. The molecule has 19 heavy (non-hydrogen) atoms. The van der Waals surface area contributed by atoms with Gasteiger partial charge in [-0.25, -0.2) is 9.59 Å². The minimum atomic E-state index is -1.00. The lowest BCUT2D eigenvalue weighted by molar-refractivity contribution is -0.131. The summed E-state index contributed by atoms with van der Waals surface area (Å²) >= 11 is 0. The standard InChI is InChI=1S/C14H17NO4/c1-11(6-5-9-13(16)17)15-14(18)19-10-12-7-3-2-4-8-12/h2-5,7-9,11H,6,10H2,1H3,(H,15,18)(H,16,17)/b9-5+/t11-/m1/s1. The van der Waals surface area contributed by atoms with Crippen molar-refractivity contribution in [3.63, 3.8) is 0 Å². The zero-order chi connectivity index (χ0) is 14.1. The van der Waals surface area contributed by atoms with E-state index >= 15 is 0 Å². The fourth-order valence-corrected chi connectivity index (χ4v) is 1.40. The van der Waals surface area contributed by atoms with Crippen molar-refractivity contribution < 1.29 is 19.4 Å². The zero-order valence-electron chi connectivity index (χ0n) is 10.7. The van der Waals surface area contributed by atoms with Crippen LogP contribution in [0.4, 0.5) is 4.79 Å². The summed E-state index contributed by atoms with van der Waals surface area (Å²) in [4.78, 5) is 21.7. The van der Waals surface area contributed by atoms with Crippen molar-refractivity contribution >= 4 is 12.1 Å². The van der Waals surface area contributed by atoms with Gasteiger partial charge >= 0.3 is 12.1 Å². The summed E-state index contributed by atoms with van der Waals surface area (Å²) in [5.74, 6) is -1.00. The summed E-state index contributed by atoms with van der Waals surface area (Å²) in [7, 11) is 0. The molecule has 1 rings (SSSR count). The van der Waals surface area contributed by atoms with Crippen molar-refractivity contribution in [1.29, 1.82) is 0 Å². The van der Waals surface area contributed by atoms with E-state index in [1.165, 1.54) is 6.08 Å². The number of alkyl carbamates (subject to hydrolysis) is 1. The Balaban J connectivity index is 2.25. The molecule has 0 saturated carbocycles. The summed E-state index contributed by atoms with van der Waals surface area (Å²) in [6, 6.07) is 9.18. The topological polar surface area (TPSA) is 75.6 Å². The quantitative estimate of drug-likeness (QED) is 0.772. The van der Waals surface area contributed by atoms with Crippen molar-refractivity contribution in [2.45, 2.75) is 26.0 Å². The van der Waals surface area contributed by atoms with E-state index < -0.39 is 12.1 Å². The highest BCUT2D eigenvalue weighted by Gasteiger charge is 2.07. The molecule has 0 unspecified atom stereocenters. The molecule has 5 nitrogen and oxygen atoms in total. The maximum atomic E-state index is 11.5. The van der Waals surface area contributed by atoms with Crippen LogP contribution in [-0.4, -0.2) is 23.2 Å². The van der Waals surface area contributed by atoms with Crippen molar-refractivity contribution in [3.05, 3.63) is 48.0 Å². The Kier molecular flexibility index (Phi) is 6.15. The monoisotopic (exact) mass is 263 g/mol. The first-order valence-corrected chi connectivity index (χ1v) is 5.94. The van der Waals surface area contributed by atoms with Gasteiger partial charge in [0, 0.05) is 12.1 Å². The number of ether oxygens (including phenoxy) is 1. The number of benzene rings is 1. The molecule has 0 radical (unpaired) electrons. The van der Waals surface area contributed by atoms with Crippen LogP contribution in [0.2, 0.25) is 0 Å². The third-order valence-electron chi connectivity index (χ3n) is 2.33. The second-order valence-electron chi connectivity index (χ2n) is 4.08. The molecule has 0 spiro atoms. The summed E-state index contributed by atoms with van der Waals surface area (Å²) in [6.45, 7) is 1.99. The number of carboxylic acid groups (broad SMARTS) is 1. The Bertz CT molecular complexity index is 442. The van der Waals surface area contributed by atoms with Crippen LogP contribution in [-0.2, 0) is 16.1 Å². The van der Waals surface area contributed by atoms with Crippen molar-refractivity contribution in [2.75, 3.05) is 0 Å². The van der Waals surface area contributed by atoms with E-state index in [0.717, 1.165) is 11.6 Å². The molecule has 0 aliphatic rings. The second-order valence-corrected chi connectivity index (χ2v) is 4.08. The Morgan fingerprint density at radius 3 is 2.68 bits per heavy atom. The zero-order valence-corrected chi connectivity index (χ0v) is 10.7. The Hall–Kier alpha value is -2.30. The van der Waals surface area contributed by atoms with Gasteiger partial charge in [0.25, 0.3) is 0 Å². The summed E-state index contributed by atoms with van der Waals surface area (Å²) in [5.41, 5.74) is 0.913. The van der Waals surface area contributed by atoms with Crippen molar-refractivity contribution in [3.8, 4) is 0 Å². The molecule has 0 aliphatic carbocycles. The van der Waals surface area contributed by atoms with Gasteiger partial charge in [-0.05, 0) is 18.9 Å². The molecular weight excluding hydrogens is 246 g/mol. The SMILES string of the molecule is C[C@H](C/C=C/C(=O)O)NC(=O)OCc1ccccc1. The Morgan fingerprint density at radius 2 is 2.05 bits per heavy atom. The first kappa shape index (κ1) is 14.8. The fraction of sp³-hybridized carbons (Fsp3) is 0.286. The van der Waals surface area contributed by atoms with Crippen LogP contribution in [0.25, 0.3) is 0 Å². The fourth-order valence-electron chi connectivity index (χ4n) is 1.40. The van der Waals surface area contributed by atoms with Gasteiger partial charge in [0.1, 0.15) is 6.61 Å². The molecule has 1 aromatic rings. The van der Waals surface area contributed by atoms with Crippen molar-refractivity contribution in [2.24, 2.45) is 0 Å². The van der Waals surface area contributed by atoms with Crippen LogP contribution in [0.3, 0.4) is 0 Å². The van der Waals surface area contributed by atoms with E-state index in [0.29, 0.717) is 6.42 Å². The first-order chi connectivity index (χ1) is 9.08. The van der Waals surface area contributed by atoms with Gasteiger partial charge in [0.05, 0.1) is 0 Å². The van der Waals surface area contributed by atoms with Gasteiger partial charge in [-0.3, -0.25) is 0 Å². The highest BCUT2D eigenvalue weighted by molar-refractivity contribution is 5.79. The number of hydrogen-bond donors (Lipinski definition) is 2. The van der Waals surface area contributed by atoms with Crippen LogP contribution in [0, 0.1) is 0 Å². The molecular formula is C14H17NO4. The number of carbonyl (C=O) groups is 2. The molecule has 2 N–H and O–H groups in total. The Morgan fingerprint density at radius 1 is 1.37 bits per heavy atom. The Labute approximate surface area is 111 Å². The van der Waals surface area contributed by atoms with Crippen LogP contribution in [0.1, 0.15) is 18.9 Å². The van der Waals surface area contributed by atoms with Crippen LogP contribution in [0.5, 0.6) is 0 Å². The number of aliphatic carboxylic acids is 1. The first-order valence-electron chi connectivity index (χ1n) is 5.94. The highest BCUT2D eigenvalue weighted by Crippen LogP contribution is 2.01. The maximum absolute atomic E-state index is 11.5. The number of amides is 1. The third kappa shape index (κ3) is 6.88. The average Bonchev–Trinajstić information content (AvgIpc) is 2.37. The van der Waals surface area contributed by atoms with Gasteiger partial charge in [-0.2, -0.15) is 0 Å². The van der Waals surface area contributed by atoms with Crippen LogP contribution in [0.15, 0.2) is 42.5 Å². The van der Waals surface area contributed by atoms with E-state index in [1.807, 2.05) is 30.3 Å². The van der Waals surface area contributed by atoms with Gasteiger partial charge in [-0.15, -0.1) is 0 Å². The highest BCUT2D eigenvalue weighted by atomic mass is 16.5.